The van der Waals surface area contributed by atoms with E-state index in [2.05, 4.69) is 4.98 Å². The van der Waals surface area contributed by atoms with Crippen molar-refractivity contribution in [3.63, 3.8) is 0 Å². The second kappa shape index (κ2) is 5.44. The molecule has 0 fully saturated rings. The first-order chi connectivity index (χ1) is 10.2. The van der Waals surface area contributed by atoms with E-state index in [0.717, 1.165) is 28.3 Å². The van der Waals surface area contributed by atoms with Crippen molar-refractivity contribution in [1.82, 2.24) is 9.55 Å². The van der Waals surface area contributed by atoms with E-state index < -0.39 is 0 Å². The van der Waals surface area contributed by atoms with Gasteiger partial charge in [-0.1, -0.05) is 0 Å². The van der Waals surface area contributed by atoms with Gasteiger partial charge in [0.1, 0.15) is 5.03 Å². The Morgan fingerprint density at radius 2 is 1.90 bits per heavy atom. The Bertz CT molecular complexity index is 755. The summed E-state index contributed by atoms with van der Waals surface area (Å²) >= 11 is 1.47. The monoisotopic (exact) mass is 304 g/mol. The SMILES string of the molecule is COc1cc2c(cc1OC)-c1cc(SC)nc(=O)n1CC2. The number of nitrogens with zero attached hydrogens (tertiary/aromatic N) is 2. The highest BCUT2D eigenvalue weighted by molar-refractivity contribution is 7.98. The predicted molar refractivity (Wildman–Crippen MR) is 82.5 cm³/mol. The van der Waals surface area contributed by atoms with Gasteiger partial charge >= 0.3 is 5.69 Å². The van der Waals surface area contributed by atoms with E-state index in [9.17, 15) is 4.79 Å². The molecule has 5 nitrogen and oxygen atoms in total. The van der Waals surface area contributed by atoms with Crippen LogP contribution in [0.2, 0.25) is 0 Å². The van der Waals surface area contributed by atoms with Gasteiger partial charge in [-0.05, 0) is 36.4 Å². The molecule has 0 saturated heterocycles. The zero-order chi connectivity index (χ0) is 15.0. The summed E-state index contributed by atoms with van der Waals surface area (Å²) in [6.45, 7) is 0.637. The van der Waals surface area contributed by atoms with E-state index in [4.69, 9.17) is 9.47 Å². The summed E-state index contributed by atoms with van der Waals surface area (Å²) in [6, 6.07) is 5.88. The number of fused-ring (bicyclic) bond motifs is 3. The van der Waals surface area contributed by atoms with Gasteiger partial charge in [-0.25, -0.2) is 4.79 Å². The normalized spacial score (nSPS) is 12.5. The Kier molecular flexibility index (Phi) is 3.63. The van der Waals surface area contributed by atoms with Crippen molar-refractivity contribution >= 4 is 11.8 Å². The largest absolute Gasteiger partial charge is 0.493 e. The third-order valence-electron chi connectivity index (χ3n) is 3.69. The molecule has 3 rings (SSSR count). The number of aromatic nitrogens is 2. The molecule has 0 spiro atoms. The van der Waals surface area contributed by atoms with E-state index in [1.54, 1.807) is 18.8 Å². The minimum absolute atomic E-state index is 0.197. The van der Waals surface area contributed by atoms with Crippen LogP contribution in [-0.4, -0.2) is 30.0 Å². The van der Waals surface area contributed by atoms with Crippen molar-refractivity contribution in [2.75, 3.05) is 20.5 Å². The molecule has 0 radical (unpaired) electrons. The molecule has 0 unspecified atom stereocenters. The fourth-order valence-corrected chi connectivity index (χ4v) is 3.03. The van der Waals surface area contributed by atoms with Crippen LogP contribution in [0.4, 0.5) is 0 Å². The van der Waals surface area contributed by atoms with Crippen LogP contribution in [0.15, 0.2) is 28.0 Å². The van der Waals surface area contributed by atoms with Crippen molar-refractivity contribution < 1.29 is 9.47 Å². The van der Waals surface area contributed by atoms with Gasteiger partial charge in [-0.2, -0.15) is 4.98 Å². The average molecular weight is 304 g/mol. The van der Waals surface area contributed by atoms with Crippen molar-refractivity contribution in [2.45, 2.75) is 18.0 Å². The summed E-state index contributed by atoms with van der Waals surface area (Å²) < 4.78 is 12.4. The standard InChI is InChI=1S/C15H16N2O3S/c1-19-12-6-9-4-5-17-11(10(9)7-13(12)20-2)8-14(21-3)16-15(17)18/h6-8H,4-5H2,1-3H3. The van der Waals surface area contributed by atoms with Crippen LogP contribution < -0.4 is 15.2 Å². The van der Waals surface area contributed by atoms with E-state index in [0.29, 0.717) is 18.0 Å². The number of hydrogen-bond donors (Lipinski definition) is 0. The van der Waals surface area contributed by atoms with E-state index in [1.807, 2.05) is 24.5 Å². The molecular formula is C15H16N2O3S. The molecule has 0 atom stereocenters. The minimum Gasteiger partial charge on any atom is -0.493 e. The second-order valence-corrected chi connectivity index (χ2v) is 5.56. The van der Waals surface area contributed by atoms with E-state index in [-0.39, 0.29) is 5.69 Å². The summed E-state index contributed by atoms with van der Waals surface area (Å²) in [5, 5.41) is 0.730. The summed E-state index contributed by atoms with van der Waals surface area (Å²) in [5.41, 5.74) is 2.86. The summed E-state index contributed by atoms with van der Waals surface area (Å²) in [6.07, 6.45) is 2.69. The maximum atomic E-state index is 12.1. The van der Waals surface area contributed by atoms with E-state index >= 15 is 0 Å². The summed E-state index contributed by atoms with van der Waals surface area (Å²) in [4.78, 5) is 16.2. The molecule has 1 aromatic heterocycles. The summed E-state index contributed by atoms with van der Waals surface area (Å²) in [7, 11) is 3.24. The highest BCUT2D eigenvalue weighted by atomic mass is 32.2. The van der Waals surface area contributed by atoms with Crippen LogP contribution in [-0.2, 0) is 13.0 Å². The van der Waals surface area contributed by atoms with Gasteiger partial charge in [0.15, 0.2) is 11.5 Å². The van der Waals surface area contributed by atoms with Crippen LogP contribution >= 0.6 is 11.8 Å². The fraction of sp³-hybridized carbons (Fsp3) is 0.333. The van der Waals surface area contributed by atoms with Crippen LogP contribution in [0.3, 0.4) is 0 Å². The van der Waals surface area contributed by atoms with Crippen LogP contribution in [0.25, 0.3) is 11.3 Å². The zero-order valence-corrected chi connectivity index (χ0v) is 13.0. The van der Waals surface area contributed by atoms with E-state index in [1.165, 1.54) is 11.8 Å². The van der Waals surface area contributed by atoms with Gasteiger partial charge < -0.3 is 9.47 Å². The first-order valence-electron chi connectivity index (χ1n) is 6.59. The molecule has 110 valence electrons. The number of ether oxygens (including phenoxy) is 2. The molecule has 6 heteroatoms. The molecule has 0 bridgehead atoms. The third-order valence-corrected chi connectivity index (χ3v) is 4.31. The molecule has 1 aromatic carbocycles. The third kappa shape index (κ3) is 2.29. The number of benzene rings is 1. The lowest BCUT2D eigenvalue weighted by Gasteiger charge is -2.23. The Morgan fingerprint density at radius 3 is 2.57 bits per heavy atom. The lowest BCUT2D eigenvalue weighted by atomic mass is 9.97. The number of hydrogen-bond acceptors (Lipinski definition) is 5. The van der Waals surface area contributed by atoms with Crippen molar-refractivity contribution in [3.05, 3.63) is 34.2 Å². The van der Waals surface area contributed by atoms with Gasteiger partial charge in [0, 0.05) is 12.1 Å². The van der Waals surface area contributed by atoms with Gasteiger partial charge in [0.2, 0.25) is 0 Å². The highest BCUT2D eigenvalue weighted by Crippen LogP contribution is 2.38. The lowest BCUT2D eigenvalue weighted by molar-refractivity contribution is 0.354. The average Bonchev–Trinajstić information content (AvgIpc) is 2.52. The minimum atomic E-state index is -0.197. The van der Waals surface area contributed by atoms with Gasteiger partial charge in [-0.15, -0.1) is 11.8 Å². The molecule has 2 heterocycles. The van der Waals surface area contributed by atoms with Crippen LogP contribution in [0.1, 0.15) is 5.56 Å². The Hall–Kier alpha value is -1.95. The van der Waals surface area contributed by atoms with Crippen molar-refractivity contribution in [2.24, 2.45) is 0 Å². The topological polar surface area (TPSA) is 53.4 Å². The lowest BCUT2D eigenvalue weighted by Crippen LogP contribution is -2.28. The van der Waals surface area contributed by atoms with Gasteiger partial charge in [-0.3, -0.25) is 4.57 Å². The zero-order valence-electron chi connectivity index (χ0n) is 12.2. The quantitative estimate of drug-likeness (QED) is 0.643. The molecule has 0 aliphatic carbocycles. The molecular weight excluding hydrogens is 288 g/mol. The van der Waals surface area contributed by atoms with Gasteiger partial charge in [0.25, 0.3) is 0 Å². The molecule has 21 heavy (non-hydrogen) atoms. The molecule has 1 aliphatic heterocycles. The fourth-order valence-electron chi connectivity index (χ4n) is 2.63. The smallest absolute Gasteiger partial charge is 0.349 e. The first kappa shape index (κ1) is 14.0. The van der Waals surface area contributed by atoms with Crippen molar-refractivity contribution in [1.29, 1.82) is 0 Å². The molecule has 1 aliphatic rings. The predicted octanol–water partition coefficient (Wildman–Crippen LogP) is 2.21. The summed E-state index contributed by atoms with van der Waals surface area (Å²) in [5.74, 6) is 1.38. The molecule has 0 N–H and O–H groups in total. The number of thioether (sulfide) groups is 1. The molecule has 2 aromatic rings. The Labute approximate surface area is 126 Å². The van der Waals surface area contributed by atoms with Crippen molar-refractivity contribution in [3.8, 4) is 22.8 Å². The number of aryl methyl sites for hydroxylation is 1. The number of methoxy groups -OCH3 is 2. The maximum absolute atomic E-state index is 12.1. The Balaban J connectivity index is 2.26. The van der Waals surface area contributed by atoms with Crippen LogP contribution in [0.5, 0.6) is 11.5 Å². The number of rotatable bonds is 3. The van der Waals surface area contributed by atoms with Crippen LogP contribution in [0, 0.1) is 0 Å². The molecule has 0 amide bonds. The first-order valence-corrected chi connectivity index (χ1v) is 7.81. The highest BCUT2D eigenvalue weighted by Gasteiger charge is 2.21. The second-order valence-electron chi connectivity index (χ2n) is 4.73. The van der Waals surface area contributed by atoms with Gasteiger partial charge in [0.05, 0.1) is 19.9 Å². The molecule has 0 saturated carbocycles. The maximum Gasteiger partial charge on any atom is 0.349 e. The Morgan fingerprint density at radius 1 is 1.19 bits per heavy atom.